The minimum Gasteiger partial charge on any atom is -0.379 e. The third kappa shape index (κ3) is 6.40. The van der Waals surface area contributed by atoms with Gasteiger partial charge in [0.25, 0.3) is 0 Å². The highest BCUT2D eigenvalue weighted by atomic mass is 16.5. The van der Waals surface area contributed by atoms with Gasteiger partial charge in [0.15, 0.2) is 5.82 Å². The van der Waals surface area contributed by atoms with Crippen molar-refractivity contribution in [3.63, 3.8) is 0 Å². The van der Waals surface area contributed by atoms with Gasteiger partial charge in [0.1, 0.15) is 0 Å². The molecule has 2 N–H and O–H groups in total. The number of hydrogen-bond donors (Lipinski definition) is 2. The van der Waals surface area contributed by atoms with E-state index in [2.05, 4.69) is 25.7 Å². The number of morpholine rings is 1. The number of carbonyl (C=O) groups is 2. The molecule has 0 spiro atoms. The van der Waals surface area contributed by atoms with Crippen molar-refractivity contribution in [1.82, 2.24) is 30.6 Å². The normalized spacial score (nSPS) is 20.0. The number of nitrogens with zero attached hydrogens (tertiary/aromatic N) is 4. The van der Waals surface area contributed by atoms with Gasteiger partial charge in [-0.15, -0.1) is 0 Å². The molecule has 29 heavy (non-hydrogen) atoms. The van der Waals surface area contributed by atoms with Crippen molar-refractivity contribution >= 4 is 11.9 Å². The molecule has 0 saturated carbocycles. The van der Waals surface area contributed by atoms with Crippen LogP contribution in [-0.4, -0.2) is 84.4 Å². The molecule has 1 aromatic heterocycles. The number of aromatic nitrogens is 2. The van der Waals surface area contributed by atoms with Crippen LogP contribution in [0.5, 0.6) is 0 Å². The first-order valence-corrected chi connectivity index (χ1v) is 10.6. The van der Waals surface area contributed by atoms with E-state index in [1.165, 1.54) is 0 Å². The Labute approximate surface area is 171 Å². The molecule has 0 bridgehead atoms. The molecular formula is C19H32N6O4. The van der Waals surface area contributed by atoms with E-state index in [1.54, 1.807) is 4.90 Å². The topological polar surface area (TPSA) is 113 Å². The van der Waals surface area contributed by atoms with Crippen LogP contribution >= 0.6 is 0 Å². The maximum absolute atomic E-state index is 12.1. The van der Waals surface area contributed by atoms with Crippen LogP contribution in [0, 0.1) is 0 Å². The van der Waals surface area contributed by atoms with E-state index in [0.29, 0.717) is 44.2 Å². The molecule has 2 saturated heterocycles. The zero-order chi connectivity index (χ0) is 20.5. The Hall–Kier alpha value is -2.20. The number of rotatable bonds is 9. The molecule has 0 aliphatic carbocycles. The van der Waals surface area contributed by atoms with Crippen molar-refractivity contribution in [2.45, 2.75) is 45.1 Å². The summed E-state index contributed by atoms with van der Waals surface area (Å²) >= 11 is 0. The largest absolute Gasteiger partial charge is 0.379 e. The first-order chi connectivity index (χ1) is 14.2. The Morgan fingerprint density at radius 2 is 2.03 bits per heavy atom. The summed E-state index contributed by atoms with van der Waals surface area (Å²) in [6, 6.07) is -0.258. The smallest absolute Gasteiger partial charge is 0.318 e. The van der Waals surface area contributed by atoms with Gasteiger partial charge in [-0.1, -0.05) is 5.16 Å². The highest BCUT2D eigenvalue weighted by molar-refractivity contribution is 5.76. The molecule has 1 unspecified atom stereocenters. The second-order valence-corrected chi connectivity index (χ2v) is 7.39. The number of aryl methyl sites for hydroxylation is 1. The number of likely N-dealkylation sites (tertiary alicyclic amines) is 1. The zero-order valence-electron chi connectivity index (χ0n) is 17.2. The lowest BCUT2D eigenvalue weighted by Crippen LogP contribution is -2.39. The molecule has 1 atom stereocenters. The molecule has 10 heteroatoms. The highest BCUT2D eigenvalue weighted by Gasteiger charge is 2.33. The summed E-state index contributed by atoms with van der Waals surface area (Å²) in [7, 11) is 0. The SMILES string of the molecule is CCNC(=O)N1CCCC1c1noc(CCC(=O)NCCCN2CCOCC2)n1. The Balaban J connectivity index is 1.36. The molecule has 1 aromatic rings. The predicted molar refractivity (Wildman–Crippen MR) is 105 cm³/mol. The highest BCUT2D eigenvalue weighted by Crippen LogP contribution is 2.30. The minimum absolute atomic E-state index is 0.0171. The summed E-state index contributed by atoms with van der Waals surface area (Å²) in [4.78, 5) is 32.7. The van der Waals surface area contributed by atoms with Gasteiger partial charge >= 0.3 is 6.03 Å². The van der Waals surface area contributed by atoms with Crippen LogP contribution in [0.15, 0.2) is 4.52 Å². The number of amides is 3. The Morgan fingerprint density at radius 3 is 2.83 bits per heavy atom. The number of hydrogen-bond acceptors (Lipinski definition) is 7. The molecule has 3 amide bonds. The fraction of sp³-hybridized carbons (Fsp3) is 0.789. The quantitative estimate of drug-likeness (QED) is 0.579. The van der Waals surface area contributed by atoms with E-state index in [9.17, 15) is 9.59 Å². The van der Waals surface area contributed by atoms with Crippen LogP contribution in [0.1, 0.15) is 50.4 Å². The molecule has 0 radical (unpaired) electrons. The van der Waals surface area contributed by atoms with Crippen LogP contribution in [0.2, 0.25) is 0 Å². The lowest BCUT2D eigenvalue weighted by atomic mass is 10.2. The fourth-order valence-electron chi connectivity index (χ4n) is 3.70. The van der Waals surface area contributed by atoms with E-state index >= 15 is 0 Å². The number of carbonyl (C=O) groups excluding carboxylic acids is 2. The van der Waals surface area contributed by atoms with E-state index in [-0.39, 0.29) is 18.0 Å². The van der Waals surface area contributed by atoms with Crippen molar-refractivity contribution in [3.05, 3.63) is 11.7 Å². The molecule has 2 aliphatic heterocycles. The Morgan fingerprint density at radius 1 is 1.21 bits per heavy atom. The molecule has 3 heterocycles. The minimum atomic E-state index is -0.159. The van der Waals surface area contributed by atoms with Gasteiger partial charge in [-0.2, -0.15) is 4.98 Å². The van der Waals surface area contributed by atoms with Crippen LogP contribution in [0.4, 0.5) is 4.79 Å². The van der Waals surface area contributed by atoms with Gasteiger partial charge in [-0.25, -0.2) is 4.79 Å². The number of ether oxygens (including phenoxy) is 1. The first-order valence-electron chi connectivity index (χ1n) is 10.6. The van der Waals surface area contributed by atoms with E-state index in [0.717, 1.165) is 52.1 Å². The van der Waals surface area contributed by atoms with E-state index in [1.807, 2.05) is 6.92 Å². The number of nitrogens with one attached hydrogen (secondary N) is 2. The van der Waals surface area contributed by atoms with Gasteiger partial charge in [0.2, 0.25) is 11.8 Å². The van der Waals surface area contributed by atoms with Crippen molar-refractivity contribution in [2.24, 2.45) is 0 Å². The molecule has 10 nitrogen and oxygen atoms in total. The zero-order valence-corrected chi connectivity index (χ0v) is 17.2. The summed E-state index contributed by atoms with van der Waals surface area (Å²) in [5, 5.41) is 9.80. The molecular weight excluding hydrogens is 376 g/mol. The van der Waals surface area contributed by atoms with Crippen molar-refractivity contribution in [3.8, 4) is 0 Å². The average Bonchev–Trinajstić information content (AvgIpc) is 3.40. The van der Waals surface area contributed by atoms with Gasteiger partial charge in [0.05, 0.1) is 19.3 Å². The predicted octanol–water partition coefficient (Wildman–Crippen LogP) is 0.707. The van der Waals surface area contributed by atoms with Gasteiger partial charge in [0, 0.05) is 45.6 Å². The van der Waals surface area contributed by atoms with Crippen LogP contribution < -0.4 is 10.6 Å². The maximum Gasteiger partial charge on any atom is 0.318 e. The first kappa shape index (κ1) is 21.5. The Bertz CT molecular complexity index is 661. The third-order valence-electron chi connectivity index (χ3n) is 5.27. The lowest BCUT2D eigenvalue weighted by molar-refractivity contribution is -0.121. The summed E-state index contributed by atoms with van der Waals surface area (Å²) in [5.74, 6) is 0.942. The molecule has 2 fully saturated rings. The van der Waals surface area contributed by atoms with Crippen molar-refractivity contribution in [2.75, 3.05) is 52.5 Å². The summed E-state index contributed by atoms with van der Waals surface area (Å²) in [5.41, 5.74) is 0. The number of urea groups is 1. The van der Waals surface area contributed by atoms with Crippen molar-refractivity contribution in [1.29, 1.82) is 0 Å². The standard InChI is InChI=1S/C19H32N6O4/c1-2-20-19(27)25-10-3-5-15(25)18-22-17(29-23-18)7-6-16(26)21-8-4-9-24-11-13-28-14-12-24/h15H,2-14H2,1H3,(H,20,27)(H,21,26). The van der Waals surface area contributed by atoms with Crippen LogP contribution in [0.25, 0.3) is 0 Å². The van der Waals surface area contributed by atoms with Crippen LogP contribution in [-0.2, 0) is 16.0 Å². The summed E-state index contributed by atoms with van der Waals surface area (Å²) in [6.07, 6.45) is 3.37. The second kappa shape index (κ2) is 11.1. The average molecular weight is 409 g/mol. The molecule has 3 rings (SSSR count). The van der Waals surface area contributed by atoms with Crippen LogP contribution in [0.3, 0.4) is 0 Å². The van der Waals surface area contributed by atoms with Gasteiger partial charge in [-0.05, 0) is 32.7 Å². The van der Waals surface area contributed by atoms with Gasteiger partial charge in [-0.3, -0.25) is 9.69 Å². The lowest BCUT2D eigenvalue weighted by Gasteiger charge is -2.26. The maximum atomic E-state index is 12.1. The van der Waals surface area contributed by atoms with Crippen molar-refractivity contribution < 1.29 is 18.8 Å². The van der Waals surface area contributed by atoms with Gasteiger partial charge < -0.3 is 24.8 Å². The Kier molecular flexibility index (Phi) is 8.24. The second-order valence-electron chi connectivity index (χ2n) is 7.39. The summed E-state index contributed by atoms with van der Waals surface area (Å²) < 4.78 is 10.6. The molecule has 162 valence electrons. The molecule has 0 aromatic carbocycles. The van der Waals surface area contributed by atoms with E-state index in [4.69, 9.17) is 9.26 Å². The fourth-order valence-corrected chi connectivity index (χ4v) is 3.70. The monoisotopic (exact) mass is 408 g/mol. The molecule has 2 aliphatic rings. The third-order valence-corrected chi connectivity index (χ3v) is 5.27. The summed E-state index contributed by atoms with van der Waals surface area (Å²) in [6.45, 7) is 8.31. The van der Waals surface area contributed by atoms with E-state index < -0.39 is 0 Å².